The van der Waals surface area contributed by atoms with Gasteiger partial charge >= 0.3 is 5.97 Å². The molecule has 0 saturated heterocycles. The smallest absolute Gasteiger partial charge is 0.303 e. The van der Waals surface area contributed by atoms with Crippen molar-refractivity contribution >= 4 is 29.2 Å². The first-order chi connectivity index (χ1) is 7.09. The number of anilines is 1. The van der Waals surface area contributed by atoms with Crippen LogP contribution in [0.3, 0.4) is 0 Å². The number of hydrogen-bond acceptors (Lipinski definition) is 3. The van der Waals surface area contributed by atoms with Crippen molar-refractivity contribution in [2.45, 2.75) is 12.8 Å². The molecule has 0 aliphatic rings. The van der Waals surface area contributed by atoms with Crippen LogP contribution in [-0.2, 0) is 9.59 Å². The molecule has 0 aliphatic heterocycles. The van der Waals surface area contributed by atoms with Crippen LogP contribution in [-0.4, -0.2) is 22.0 Å². The van der Waals surface area contributed by atoms with Gasteiger partial charge in [0.25, 0.3) is 0 Å². The highest BCUT2D eigenvalue weighted by molar-refractivity contribution is 6.33. The van der Waals surface area contributed by atoms with Gasteiger partial charge in [-0.15, -0.1) is 0 Å². The van der Waals surface area contributed by atoms with Crippen LogP contribution in [0.4, 0.5) is 5.69 Å². The minimum atomic E-state index is -1.01. The Balaban J connectivity index is 2.52. The minimum Gasteiger partial charge on any atom is -0.481 e. The molecule has 0 aliphatic carbocycles. The van der Waals surface area contributed by atoms with E-state index >= 15 is 0 Å². The molecule has 6 heteroatoms. The van der Waals surface area contributed by atoms with Crippen molar-refractivity contribution in [3.63, 3.8) is 0 Å². The molecule has 0 bridgehead atoms. The number of carboxylic acids is 1. The fourth-order valence-electron chi connectivity index (χ4n) is 0.903. The topological polar surface area (TPSA) is 79.3 Å². The zero-order valence-corrected chi connectivity index (χ0v) is 8.49. The Morgan fingerprint density at radius 1 is 1.47 bits per heavy atom. The quantitative estimate of drug-likeness (QED) is 0.819. The van der Waals surface area contributed by atoms with Crippen molar-refractivity contribution in [3.05, 3.63) is 23.5 Å². The summed E-state index contributed by atoms with van der Waals surface area (Å²) in [6.07, 6.45) is 2.61. The van der Waals surface area contributed by atoms with Crippen LogP contribution in [0.15, 0.2) is 18.5 Å². The minimum absolute atomic E-state index is 0.0828. The molecule has 15 heavy (non-hydrogen) atoms. The lowest BCUT2D eigenvalue weighted by molar-refractivity contribution is -0.138. The Kier molecular flexibility index (Phi) is 4.05. The molecule has 0 radical (unpaired) electrons. The van der Waals surface area contributed by atoms with Crippen LogP contribution in [0.25, 0.3) is 0 Å². The number of carbonyl (C=O) groups is 2. The number of amides is 1. The summed E-state index contributed by atoms with van der Waals surface area (Å²) in [6.45, 7) is 0. The van der Waals surface area contributed by atoms with Gasteiger partial charge in [-0.25, -0.2) is 0 Å². The first-order valence-corrected chi connectivity index (χ1v) is 4.58. The standard InChI is InChI=1S/C9H9ClN2O3/c10-6-3-4-11-5-7(6)12-8(13)1-2-9(14)15/h3-5H,1-2H2,(H,12,13)(H,14,15). The van der Waals surface area contributed by atoms with Crippen LogP contribution >= 0.6 is 11.6 Å². The fourth-order valence-corrected chi connectivity index (χ4v) is 1.06. The van der Waals surface area contributed by atoms with Crippen LogP contribution in [0.5, 0.6) is 0 Å². The van der Waals surface area contributed by atoms with E-state index in [1.54, 1.807) is 0 Å². The summed E-state index contributed by atoms with van der Waals surface area (Å²) in [4.78, 5) is 25.2. The number of aliphatic carboxylic acids is 1. The molecule has 0 unspecified atom stereocenters. The Morgan fingerprint density at radius 2 is 2.20 bits per heavy atom. The Labute approximate surface area is 91.1 Å². The maximum atomic E-state index is 11.2. The Morgan fingerprint density at radius 3 is 2.80 bits per heavy atom. The van der Waals surface area contributed by atoms with Gasteiger partial charge in [-0.05, 0) is 6.07 Å². The van der Waals surface area contributed by atoms with E-state index in [4.69, 9.17) is 16.7 Å². The molecule has 0 aromatic carbocycles. The molecule has 0 saturated carbocycles. The third-order valence-corrected chi connectivity index (χ3v) is 1.94. The van der Waals surface area contributed by atoms with Gasteiger partial charge in [-0.3, -0.25) is 14.6 Å². The molecule has 1 aromatic heterocycles. The van der Waals surface area contributed by atoms with E-state index in [0.717, 1.165) is 0 Å². The molecule has 5 nitrogen and oxygen atoms in total. The average molecular weight is 229 g/mol. The van der Waals surface area contributed by atoms with Gasteiger partial charge < -0.3 is 10.4 Å². The average Bonchev–Trinajstić information content (AvgIpc) is 2.18. The van der Waals surface area contributed by atoms with Crippen molar-refractivity contribution in [2.75, 3.05) is 5.32 Å². The van der Waals surface area contributed by atoms with Gasteiger partial charge in [-0.1, -0.05) is 11.6 Å². The first-order valence-electron chi connectivity index (χ1n) is 4.21. The van der Waals surface area contributed by atoms with E-state index in [9.17, 15) is 9.59 Å². The van der Waals surface area contributed by atoms with E-state index in [0.29, 0.717) is 10.7 Å². The van der Waals surface area contributed by atoms with Gasteiger partial charge in [0.05, 0.1) is 23.3 Å². The molecule has 2 N–H and O–H groups in total. The van der Waals surface area contributed by atoms with Gasteiger partial charge in [0.2, 0.25) is 5.91 Å². The second-order valence-corrected chi connectivity index (χ2v) is 3.20. The predicted molar refractivity (Wildman–Crippen MR) is 54.7 cm³/mol. The van der Waals surface area contributed by atoms with Crippen molar-refractivity contribution < 1.29 is 14.7 Å². The van der Waals surface area contributed by atoms with Gasteiger partial charge in [0, 0.05) is 12.6 Å². The number of hydrogen-bond donors (Lipinski definition) is 2. The van der Waals surface area contributed by atoms with E-state index < -0.39 is 11.9 Å². The first kappa shape index (κ1) is 11.5. The SMILES string of the molecule is O=C(O)CCC(=O)Nc1cnccc1Cl. The Bertz CT molecular complexity index is 381. The van der Waals surface area contributed by atoms with E-state index in [1.165, 1.54) is 18.5 Å². The molecule has 0 spiro atoms. The lowest BCUT2D eigenvalue weighted by Gasteiger charge is -2.04. The number of pyridine rings is 1. The molecular weight excluding hydrogens is 220 g/mol. The summed E-state index contributed by atoms with van der Waals surface area (Å²) in [5, 5.41) is 11.2. The van der Waals surface area contributed by atoms with Gasteiger partial charge in [0.1, 0.15) is 0 Å². The second-order valence-electron chi connectivity index (χ2n) is 2.80. The molecule has 1 rings (SSSR count). The van der Waals surface area contributed by atoms with Crippen LogP contribution in [0, 0.1) is 0 Å². The fraction of sp³-hybridized carbons (Fsp3) is 0.222. The summed E-state index contributed by atoms with van der Waals surface area (Å²) in [7, 11) is 0. The number of aromatic nitrogens is 1. The van der Waals surface area contributed by atoms with Crippen molar-refractivity contribution in [1.29, 1.82) is 0 Å². The molecule has 1 amide bonds. The van der Waals surface area contributed by atoms with Crippen LogP contribution in [0.1, 0.15) is 12.8 Å². The van der Waals surface area contributed by atoms with Crippen LogP contribution < -0.4 is 5.32 Å². The van der Waals surface area contributed by atoms with Crippen molar-refractivity contribution in [2.24, 2.45) is 0 Å². The number of nitrogens with one attached hydrogen (secondary N) is 1. The summed E-state index contributed by atoms with van der Waals surface area (Å²) in [5.74, 6) is -1.41. The van der Waals surface area contributed by atoms with E-state index in [1.807, 2.05) is 0 Å². The Hall–Kier alpha value is -1.62. The van der Waals surface area contributed by atoms with Gasteiger partial charge in [-0.2, -0.15) is 0 Å². The number of nitrogens with zero attached hydrogens (tertiary/aromatic N) is 1. The predicted octanol–water partition coefficient (Wildman–Crippen LogP) is 1.54. The number of carboxylic acid groups (broad SMARTS) is 1. The van der Waals surface area contributed by atoms with Crippen molar-refractivity contribution in [1.82, 2.24) is 4.98 Å². The van der Waals surface area contributed by atoms with Crippen molar-refractivity contribution in [3.8, 4) is 0 Å². The maximum absolute atomic E-state index is 11.2. The molecule has 1 aromatic rings. The van der Waals surface area contributed by atoms with Gasteiger partial charge in [0.15, 0.2) is 0 Å². The number of rotatable bonds is 4. The third-order valence-electron chi connectivity index (χ3n) is 1.61. The van der Waals surface area contributed by atoms with Crippen LogP contribution in [0.2, 0.25) is 5.02 Å². The highest BCUT2D eigenvalue weighted by Crippen LogP contribution is 2.19. The van der Waals surface area contributed by atoms with E-state index in [2.05, 4.69) is 10.3 Å². The summed E-state index contributed by atoms with van der Waals surface area (Å²) < 4.78 is 0. The lowest BCUT2D eigenvalue weighted by Crippen LogP contribution is -2.13. The highest BCUT2D eigenvalue weighted by atomic mass is 35.5. The largest absolute Gasteiger partial charge is 0.481 e. The molecule has 0 atom stereocenters. The molecule has 0 fully saturated rings. The highest BCUT2D eigenvalue weighted by Gasteiger charge is 2.07. The maximum Gasteiger partial charge on any atom is 0.303 e. The zero-order valence-electron chi connectivity index (χ0n) is 7.74. The monoisotopic (exact) mass is 228 g/mol. The zero-order chi connectivity index (χ0) is 11.3. The third kappa shape index (κ3) is 3.95. The molecule has 80 valence electrons. The molecule has 1 heterocycles. The lowest BCUT2D eigenvalue weighted by atomic mass is 10.3. The summed E-state index contributed by atoms with van der Waals surface area (Å²) in [6, 6.07) is 1.54. The van der Waals surface area contributed by atoms with E-state index in [-0.39, 0.29) is 12.8 Å². The summed E-state index contributed by atoms with van der Waals surface area (Å²) >= 11 is 5.76. The molecular formula is C9H9ClN2O3. The summed E-state index contributed by atoms with van der Waals surface area (Å²) in [5.41, 5.74) is 0.384. The number of halogens is 1. The normalized spacial score (nSPS) is 9.67. The number of carbonyl (C=O) groups excluding carboxylic acids is 1. The second kappa shape index (κ2) is 5.31.